The summed E-state index contributed by atoms with van der Waals surface area (Å²) in [4.78, 5) is 18.8. The zero-order chi connectivity index (χ0) is 27.7. The van der Waals surface area contributed by atoms with E-state index in [9.17, 15) is 18.0 Å². The molecule has 11 heteroatoms. The van der Waals surface area contributed by atoms with E-state index >= 15 is 0 Å². The van der Waals surface area contributed by atoms with Crippen molar-refractivity contribution in [2.75, 3.05) is 0 Å². The van der Waals surface area contributed by atoms with E-state index in [1.165, 1.54) is 22.1 Å². The minimum absolute atomic E-state index is 0.119. The highest BCUT2D eigenvalue weighted by Gasteiger charge is 2.33. The number of hydrogen-bond donors (Lipinski definition) is 1. The van der Waals surface area contributed by atoms with Crippen molar-refractivity contribution in [3.05, 3.63) is 97.2 Å². The quantitative estimate of drug-likeness (QED) is 0.237. The van der Waals surface area contributed by atoms with Crippen LogP contribution in [0.2, 0.25) is 9.36 Å². The number of benzene rings is 1. The SMILES string of the molecule is C[C@@H](NC(=O)c1nn(-c2ccc(C(F)(F)F)cc2Cl)c2c1CCCC/C2=C\c1ccc(Cl)s1)c1ccccn1. The van der Waals surface area contributed by atoms with Crippen molar-refractivity contribution < 1.29 is 18.0 Å². The molecular formula is C28H23Cl2F3N4OS. The first-order chi connectivity index (χ1) is 18.6. The smallest absolute Gasteiger partial charge is 0.343 e. The Bertz CT molecular complexity index is 1550. The molecule has 0 spiro atoms. The second kappa shape index (κ2) is 11.2. The van der Waals surface area contributed by atoms with Gasteiger partial charge in [-0.25, -0.2) is 4.68 Å². The van der Waals surface area contributed by atoms with Gasteiger partial charge < -0.3 is 5.32 Å². The van der Waals surface area contributed by atoms with Crippen LogP contribution in [0.4, 0.5) is 13.2 Å². The monoisotopic (exact) mass is 590 g/mol. The van der Waals surface area contributed by atoms with Crippen LogP contribution in [0, 0.1) is 0 Å². The lowest BCUT2D eigenvalue weighted by molar-refractivity contribution is -0.137. The zero-order valence-electron chi connectivity index (χ0n) is 20.7. The van der Waals surface area contributed by atoms with Crippen molar-refractivity contribution in [2.45, 2.75) is 44.8 Å². The number of thiophene rings is 1. The molecule has 1 aliphatic rings. The third-order valence-electron chi connectivity index (χ3n) is 6.52. The second-order valence-electron chi connectivity index (χ2n) is 9.22. The summed E-state index contributed by atoms with van der Waals surface area (Å²) in [6.07, 6.45) is 2.06. The standard InChI is InChI=1S/C28H23Cl2F3N4OS/c1-16(22-8-4-5-13-34-22)35-27(38)25-20-7-3-2-6-17(14-19-10-12-24(30)39-19)26(20)37(36-25)23-11-9-18(15-21(23)29)28(31,32)33/h4-5,8-16H,2-3,6-7H2,1H3,(H,35,38)/b17-14+/t16-/m1/s1. The number of alkyl halides is 3. The summed E-state index contributed by atoms with van der Waals surface area (Å²) in [6, 6.07) is 11.9. The van der Waals surface area contributed by atoms with E-state index in [1.807, 2.05) is 31.2 Å². The maximum atomic E-state index is 13.6. The first-order valence-corrected chi connectivity index (χ1v) is 13.9. The van der Waals surface area contributed by atoms with Crippen LogP contribution in [0.5, 0.6) is 0 Å². The number of halogens is 5. The molecule has 4 aromatic rings. The molecule has 0 saturated carbocycles. The average molecular weight is 591 g/mol. The van der Waals surface area contributed by atoms with Gasteiger partial charge in [-0.15, -0.1) is 11.3 Å². The fourth-order valence-corrected chi connectivity index (χ4v) is 5.94. The molecule has 0 bridgehead atoms. The van der Waals surface area contributed by atoms with Crippen LogP contribution in [0.3, 0.4) is 0 Å². The number of aromatic nitrogens is 3. The van der Waals surface area contributed by atoms with Gasteiger partial charge >= 0.3 is 6.18 Å². The molecule has 0 saturated heterocycles. The Balaban J connectivity index is 1.65. The molecule has 1 amide bonds. The molecule has 5 rings (SSSR count). The number of fused-ring (bicyclic) bond motifs is 1. The molecule has 0 fully saturated rings. The lowest BCUT2D eigenvalue weighted by Gasteiger charge is -2.14. The lowest BCUT2D eigenvalue weighted by atomic mass is 10.0. The number of pyridine rings is 1. The van der Waals surface area contributed by atoms with Gasteiger partial charge in [0.15, 0.2) is 5.69 Å². The Morgan fingerprint density at radius 1 is 1.13 bits per heavy atom. The van der Waals surface area contributed by atoms with Crippen molar-refractivity contribution >= 4 is 52.1 Å². The lowest BCUT2D eigenvalue weighted by Crippen LogP contribution is -2.28. The van der Waals surface area contributed by atoms with Crippen LogP contribution < -0.4 is 5.32 Å². The Kier molecular flexibility index (Phi) is 7.84. The molecule has 3 aromatic heterocycles. The summed E-state index contributed by atoms with van der Waals surface area (Å²) in [5, 5.41) is 7.50. The minimum Gasteiger partial charge on any atom is -0.343 e. The third kappa shape index (κ3) is 5.90. The molecule has 1 N–H and O–H groups in total. The second-order valence-corrected chi connectivity index (χ2v) is 11.4. The predicted octanol–water partition coefficient (Wildman–Crippen LogP) is 8.41. The van der Waals surface area contributed by atoms with Crippen molar-refractivity contribution in [1.82, 2.24) is 20.1 Å². The Morgan fingerprint density at radius 3 is 2.59 bits per heavy atom. The van der Waals surface area contributed by atoms with Gasteiger partial charge in [0.25, 0.3) is 5.91 Å². The molecule has 0 aliphatic heterocycles. The topological polar surface area (TPSA) is 59.8 Å². The molecule has 5 nitrogen and oxygen atoms in total. The number of carbonyl (C=O) groups is 1. The molecule has 1 atom stereocenters. The van der Waals surface area contributed by atoms with Crippen molar-refractivity contribution in [1.29, 1.82) is 0 Å². The molecular weight excluding hydrogens is 568 g/mol. The normalized spacial score (nSPS) is 15.6. The van der Waals surface area contributed by atoms with Crippen LogP contribution in [-0.4, -0.2) is 20.7 Å². The third-order valence-corrected chi connectivity index (χ3v) is 8.00. The number of carbonyl (C=O) groups excluding carboxylic acids is 1. The fourth-order valence-electron chi connectivity index (χ4n) is 4.65. The van der Waals surface area contributed by atoms with Crippen molar-refractivity contribution in [2.24, 2.45) is 0 Å². The van der Waals surface area contributed by atoms with E-state index < -0.39 is 17.6 Å². The van der Waals surface area contributed by atoms with E-state index in [4.69, 9.17) is 23.2 Å². The number of hydrogen-bond acceptors (Lipinski definition) is 4. The Morgan fingerprint density at radius 2 is 1.92 bits per heavy atom. The molecule has 3 heterocycles. The van der Waals surface area contributed by atoms with E-state index in [2.05, 4.69) is 15.4 Å². The van der Waals surface area contributed by atoms with E-state index in [0.717, 1.165) is 41.0 Å². The first-order valence-electron chi connectivity index (χ1n) is 12.3. The molecule has 1 aromatic carbocycles. The highest BCUT2D eigenvalue weighted by molar-refractivity contribution is 7.17. The van der Waals surface area contributed by atoms with E-state index in [1.54, 1.807) is 18.3 Å². The molecule has 0 radical (unpaired) electrons. The molecule has 39 heavy (non-hydrogen) atoms. The van der Waals surface area contributed by atoms with Gasteiger partial charge in [0.1, 0.15) is 0 Å². The van der Waals surface area contributed by atoms with Crippen LogP contribution in [0.1, 0.15) is 70.1 Å². The maximum absolute atomic E-state index is 13.6. The molecule has 0 unspecified atom stereocenters. The van der Waals surface area contributed by atoms with Gasteiger partial charge in [-0.1, -0.05) is 29.3 Å². The van der Waals surface area contributed by atoms with Crippen LogP contribution in [0.15, 0.2) is 54.7 Å². The summed E-state index contributed by atoms with van der Waals surface area (Å²) in [7, 11) is 0. The van der Waals surface area contributed by atoms with Gasteiger partial charge in [-0.2, -0.15) is 18.3 Å². The summed E-state index contributed by atoms with van der Waals surface area (Å²) in [5.74, 6) is -0.397. The summed E-state index contributed by atoms with van der Waals surface area (Å²) in [5.41, 5.74) is 2.59. The van der Waals surface area contributed by atoms with Gasteiger partial charge in [0.2, 0.25) is 0 Å². The largest absolute Gasteiger partial charge is 0.416 e. The highest BCUT2D eigenvalue weighted by Crippen LogP contribution is 2.39. The Labute approximate surface area is 237 Å². The van der Waals surface area contributed by atoms with E-state index in [0.29, 0.717) is 28.6 Å². The number of allylic oxidation sites excluding steroid dienone is 1. The highest BCUT2D eigenvalue weighted by atomic mass is 35.5. The summed E-state index contributed by atoms with van der Waals surface area (Å²) >= 11 is 14.0. The predicted molar refractivity (Wildman–Crippen MR) is 148 cm³/mol. The van der Waals surface area contributed by atoms with Crippen LogP contribution in [-0.2, 0) is 12.6 Å². The van der Waals surface area contributed by atoms with Crippen LogP contribution in [0.25, 0.3) is 17.3 Å². The number of rotatable bonds is 5. The van der Waals surface area contributed by atoms with Crippen LogP contribution >= 0.6 is 34.5 Å². The number of nitrogens with zero attached hydrogens (tertiary/aromatic N) is 3. The minimum atomic E-state index is -4.54. The van der Waals surface area contributed by atoms with E-state index in [-0.39, 0.29) is 22.4 Å². The zero-order valence-corrected chi connectivity index (χ0v) is 23.1. The molecule has 202 valence electrons. The van der Waals surface area contributed by atoms with Gasteiger partial charge in [0, 0.05) is 16.6 Å². The van der Waals surface area contributed by atoms with Gasteiger partial charge in [-0.05, 0) is 86.7 Å². The number of amides is 1. The van der Waals surface area contributed by atoms with Gasteiger partial charge in [-0.3, -0.25) is 9.78 Å². The van der Waals surface area contributed by atoms with Crippen molar-refractivity contribution in [3.8, 4) is 5.69 Å². The summed E-state index contributed by atoms with van der Waals surface area (Å²) < 4.78 is 42.2. The number of nitrogens with one attached hydrogen (secondary N) is 1. The Hall–Kier alpha value is -3.14. The van der Waals surface area contributed by atoms with Gasteiger partial charge in [0.05, 0.1) is 38.0 Å². The summed E-state index contributed by atoms with van der Waals surface area (Å²) in [6.45, 7) is 1.83. The average Bonchev–Trinajstić information content (AvgIpc) is 3.42. The fraction of sp³-hybridized carbons (Fsp3) is 0.250. The maximum Gasteiger partial charge on any atom is 0.416 e. The van der Waals surface area contributed by atoms with Crippen molar-refractivity contribution in [3.63, 3.8) is 0 Å². The molecule has 1 aliphatic carbocycles. The first kappa shape index (κ1) is 27.4.